The maximum absolute atomic E-state index is 11.2. The average Bonchev–Trinajstić information content (AvgIpc) is 3.22. The largest absolute Gasteiger partial charge is 0.340 e. The lowest BCUT2D eigenvalue weighted by Crippen LogP contribution is -2.14. The molecule has 4 aromatic rings. The monoisotopic (exact) mass is 421 g/mol. The summed E-state index contributed by atoms with van der Waals surface area (Å²) in [7, 11) is -3.56. The molecule has 0 bridgehead atoms. The lowest BCUT2D eigenvalue weighted by Gasteiger charge is -2.09. The SMILES string of the molecule is NS(=O)(=O)Cc1ccc(Nc2cc(-c3cccc(Cn4cncn4)c3)ncn2)cc1. The van der Waals surface area contributed by atoms with Gasteiger partial charge in [-0.05, 0) is 29.3 Å². The number of benzene rings is 2. The fourth-order valence-electron chi connectivity index (χ4n) is 2.98. The van der Waals surface area contributed by atoms with Crippen LogP contribution in [0.3, 0.4) is 0 Å². The molecule has 152 valence electrons. The first kappa shape index (κ1) is 19.7. The number of rotatable bonds is 7. The van der Waals surface area contributed by atoms with Gasteiger partial charge in [0.25, 0.3) is 0 Å². The highest BCUT2D eigenvalue weighted by Crippen LogP contribution is 2.22. The first-order valence-electron chi connectivity index (χ1n) is 9.05. The standard InChI is InChI=1S/C20H19N7O2S/c21-30(28,29)11-15-4-6-18(7-5-15)26-20-9-19(23-13-24-20)17-3-1-2-16(8-17)10-27-14-22-12-25-27/h1-9,12-14H,10-11H2,(H2,21,28,29)(H,23,24,26). The van der Waals surface area contributed by atoms with Crippen LogP contribution in [0.25, 0.3) is 11.3 Å². The van der Waals surface area contributed by atoms with Crippen LogP contribution in [0.5, 0.6) is 0 Å². The van der Waals surface area contributed by atoms with E-state index in [0.717, 1.165) is 22.5 Å². The summed E-state index contributed by atoms with van der Waals surface area (Å²) in [6.45, 7) is 0.620. The predicted molar refractivity (Wildman–Crippen MR) is 113 cm³/mol. The summed E-state index contributed by atoms with van der Waals surface area (Å²) in [6, 6.07) is 16.9. The quantitative estimate of drug-likeness (QED) is 0.468. The van der Waals surface area contributed by atoms with Crippen molar-refractivity contribution in [3.63, 3.8) is 0 Å². The van der Waals surface area contributed by atoms with Gasteiger partial charge >= 0.3 is 0 Å². The Morgan fingerprint density at radius 3 is 2.53 bits per heavy atom. The van der Waals surface area contributed by atoms with Crippen molar-refractivity contribution in [2.45, 2.75) is 12.3 Å². The number of nitrogens with two attached hydrogens (primary N) is 1. The summed E-state index contributed by atoms with van der Waals surface area (Å²) in [5.41, 5.74) is 4.21. The molecular formula is C20H19N7O2S. The van der Waals surface area contributed by atoms with E-state index in [-0.39, 0.29) is 5.75 Å². The molecule has 0 aliphatic heterocycles. The smallest absolute Gasteiger partial charge is 0.213 e. The average molecular weight is 421 g/mol. The molecule has 3 N–H and O–H groups in total. The van der Waals surface area contributed by atoms with Crippen molar-refractivity contribution in [1.82, 2.24) is 24.7 Å². The molecular weight excluding hydrogens is 402 g/mol. The van der Waals surface area contributed by atoms with Gasteiger partial charge in [-0.1, -0.05) is 30.3 Å². The second kappa shape index (κ2) is 8.39. The Labute approximate surface area is 173 Å². The molecule has 2 aromatic carbocycles. The van der Waals surface area contributed by atoms with Gasteiger partial charge in [0.05, 0.1) is 18.0 Å². The van der Waals surface area contributed by atoms with E-state index in [4.69, 9.17) is 5.14 Å². The predicted octanol–water partition coefficient (Wildman–Crippen LogP) is 2.32. The molecule has 0 aliphatic rings. The number of nitrogens with zero attached hydrogens (tertiary/aromatic N) is 5. The number of aromatic nitrogens is 5. The van der Waals surface area contributed by atoms with Crippen LogP contribution >= 0.6 is 0 Å². The van der Waals surface area contributed by atoms with Gasteiger partial charge in [-0.25, -0.2) is 33.2 Å². The van der Waals surface area contributed by atoms with Gasteiger partial charge in [0.1, 0.15) is 24.8 Å². The van der Waals surface area contributed by atoms with Crippen molar-refractivity contribution in [2.24, 2.45) is 5.14 Å². The van der Waals surface area contributed by atoms with Gasteiger partial charge in [0, 0.05) is 17.3 Å². The second-order valence-electron chi connectivity index (χ2n) is 6.71. The van der Waals surface area contributed by atoms with E-state index in [9.17, 15) is 8.42 Å². The highest BCUT2D eigenvalue weighted by molar-refractivity contribution is 7.88. The lowest BCUT2D eigenvalue weighted by molar-refractivity contribution is 0.597. The van der Waals surface area contributed by atoms with E-state index in [1.165, 1.54) is 12.7 Å². The Morgan fingerprint density at radius 2 is 1.80 bits per heavy atom. The van der Waals surface area contributed by atoms with Crippen molar-refractivity contribution in [2.75, 3.05) is 5.32 Å². The topological polar surface area (TPSA) is 129 Å². The lowest BCUT2D eigenvalue weighted by atomic mass is 10.1. The van der Waals surface area contributed by atoms with E-state index in [1.54, 1.807) is 35.3 Å². The highest BCUT2D eigenvalue weighted by atomic mass is 32.2. The summed E-state index contributed by atoms with van der Waals surface area (Å²) in [4.78, 5) is 12.6. The molecule has 2 aromatic heterocycles. The Hall–Kier alpha value is -3.63. The fraction of sp³-hybridized carbons (Fsp3) is 0.100. The Morgan fingerprint density at radius 1 is 0.967 bits per heavy atom. The number of hydrogen-bond donors (Lipinski definition) is 2. The molecule has 4 rings (SSSR count). The van der Waals surface area contributed by atoms with Gasteiger partial charge in [-0.3, -0.25) is 0 Å². The van der Waals surface area contributed by atoms with E-state index < -0.39 is 10.0 Å². The van der Waals surface area contributed by atoms with E-state index in [0.29, 0.717) is 17.9 Å². The summed E-state index contributed by atoms with van der Waals surface area (Å²) in [6.07, 6.45) is 4.68. The molecule has 10 heteroatoms. The fourth-order valence-corrected chi connectivity index (χ4v) is 3.64. The molecule has 2 heterocycles. The van der Waals surface area contributed by atoms with Crippen LogP contribution in [0.2, 0.25) is 0 Å². The number of primary sulfonamides is 1. The Kier molecular flexibility index (Phi) is 5.50. The van der Waals surface area contributed by atoms with Crippen LogP contribution in [0.15, 0.2) is 73.6 Å². The third-order valence-electron chi connectivity index (χ3n) is 4.30. The van der Waals surface area contributed by atoms with E-state index >= 15 is 0 Å². The minimum Gasteiger partial charge on any atom is -0.340 e. The first-order chi connectivity index (χ1) is 14.4. The third kappa shape index (κ3) is 5.25. The molecule has 0 atom stereocenters. The second-order valence-corrected chi connectivity index (χ2v) is 8.33. The maximum Gasteiger partial charge on any atom is 0.213 e. The zero-order valence-electron chi connectivity index (χ0n) is 15.9. The van der Waals surface area contributed by atoms with Crippen molar-refractivity contribution >= 4 is 21.5 Å². The number of sulfonamides is 1. The normalized spacial score (nSPS) is 11.4. The summed E-state index contributed by atoms with van der Waals surface area (Å²) in [5, 5.41) is 12.4. The van der Waals surface area contributed by atoms with Crippen molar-refractivity contribution < 1.29 is 8.42 Å². The zero-order chi connectivity index (χ0) is 21.0. The van der Waals surface area contributed by atoms with Crippen LogP contribution in [0.1, 0.15) is 11.1 Å². The van der Waals surface area contributed by atoms with Gasteiger partial charge in [0.15, 0.2) is 0 Å². The van der Waals surface area contributed by atoms with Crippen LogP contribution < -0.4 is 10.5 Å². The Bertz CT molecular complexity index is 1240. The Balaban J connectivity index is 1.50. The maximum atomic E-state index is 11.2. The first-order valence-corrected chi connectivity index (χ1v) is 10.8. The van der Waals surface area contributed by atoms with Gasteiger partial charge < -0.3 is 5.32 Å². The molecule has 0 unspecified atom stereocenters. The summed E-state index contributed by atoms with van der Waals surface area (Å²) < 4.78 is 24.2. The van der Waals surface area contributed by atoms with Crippen molar-refractivity contribution in [1.29, 1.82) is 0 Å². The molecule has 0 saturated heterocycles. The number of hydrogen-bond acceptors (Lipinski definition) is 7. The number of anilines is 2. The molecule has 30 heavy (non-hydrogen) atoms. The highest BCUT2D eigenvalue weighted by Gasteiger charge is 2.07. The van der Waals surface area contributed by atoms with Crippen LogP contribution in [0, 0.1) is 0 Å². The zero-order valence-corrected chi connectivity index (χ0v) is 16.7. The summed E-state index contributed by atoms with van der Waals surface area (Å²) >= 11 is 0. The van der Waals surface area contributed by atoms with Crippen LogP contribution in [0.4, 0.5) is 11.5 Å². The molecule has 0 spiro atoms. The third-order valence-corrected chi connectivity index (χ3v) is 5.03. The molecule has 0 amide bonds. The van der Waals surface area contributed by atoms with E-state index in [1.807, 2.05) is 24.3 Å². The molecule has 0 aliphatic carbocycles. The molecule has 9 nitrogen and oxygen atoms in total. The van der Waals surface area contributed by atoms with Crippen LogP contribution in [-0.2, 0) is 22.3 Å². The van der Waals surface area contributed by atoms with Crippen molar-refractivity contribution in [3.05, 3.63) is 84.7 Å². The van der Waals surface area contributed by atoms with E-state index in [2.05, 4.69) is 31.4 Å². The molecule has 0 radical (unpaired) electrons. The minimum absolute atomic E-state index is 0.199. The van der Waals surface area contributed by atoms with Gasteiger partial charge in [-0.15, -0.1) is 0 Å². The molecule has 0 fully saturated rings. The summed E-state index contributed by atoms with van der Waals surface area (Å²) in [5.74, 6) is 0.427. The minimum atomic E-state index is -3.56. The number of nitrogens with one attached hydrogen (secondary N) is 1. The van der Waals surface area contributed by atoms with Crippen LogP contribution in [-0.4, -0.2) is 33.2 Å². The van der Waals surface area contributed by atoms with Crippen molar-refractivity contribution in [3.8, 4) is 11.3 Å². The molecule has 0 saturated carbocycles. The van der Waals surface area contributed by atoms with Gasteiger partial charge in [-0.2, -0.15) is 5.10 Å². The van der Waals surface area contributed by atoms with Gasteiger partial charge in [0.2, 0.25) is 10.0 Å².